The first-order valence-corrected chi connectivity index (χ1v) is 13.1. The van der Waals surface area contributed by atoms with Crippen molar-refractivity contribution in [3.8, 4) is 5.75 Å². The van der Waals surface area contributed by atoms with Crippen LogP contribution in [-0.2, 0) is 22.6 Å². The van der Waals surface area contributed by atoms with E-state index in [4.69, 9.17) is 9.84 Å². The Kier molecular flexibility index (Phi) is 10.4. The maximum absolute atomic E-state index is 13.3. The second kappa shape index (κ2) is 13.3. The topological polar surface area (TPSA) is 82.1 Å². The van der Waals surface area contributed by atoms with Crippen LogP contribution in [0, 0.1) is 12.8 Å². The van der Waals surface area contributed by atoms with Gasteiger partial charge in [0.15, 0.2) is 0 Å². The first-order chi connectivity index (χ1) is 17.3. The molecule has 1 saturated heterocycles. The highest BCUT2D eigenvalue weighted by molar-refractivity contribution is 5.94. The molecule has 202 valence electrons. The second-order valence-electron chi connectivity index (χ2n) is 10.4. The molecule has 0 unspecified atom stereocenters. The molecule has 2 N–H and O–H groups in total. The van der Waals surface area contributed by atoms with Crippen LogP contribution in [-0.4, -0.2) is 60.7 Å². The predicted octanol–water partition coefficient (Wildman–Crippen LogP) is 4.44. The third-order valence-electron chi connectivity index (χ3n) is 7.47. The third-order valence-corrected chi connectivity index (χ3v) is 7.47. The Morgan fingerprint density at radius 1 is 1.14 bits per heavy atom. The third kappa shape index (κ3) is 7.94. The molecule has 1 aliphatic carbocycles. The summed E-state index contributed by atoms with van der Waals surface area (Å²) in [7, 11) is 1.88. The molecule has 1 saturated carbocycles. The quantitative estimate of drug-likeness (QED) is 0.526. The lowest BCUT2D eigenvalue weighted by Crippen LogP contribution is -2.48. The summed E-state index contributed by atoms with van der Waals surface area (Å²) in [6.07, 6.45) is 3.25. The summed E-state index contributed by atoms with van der Waals surface area (Å²) in [4.78, 5) is 28.5. The lowest BCUT2D eigenvalue weighted by Gasteiger charge is -2.32. The Hall–Kier alpha value is -2.61. The molecule has 7 nitrogen and oxygen atoms in total. The van der Waals surface area contributed by atoms with Crippen LogP contribution in [0.4, 0.5) is 5.69 Å². The summed E-state index contributed by atoms with van der Waals surface area (Å²) >= 11 is 0. The maximum atomic E-state index is 13.3. The smallest absolute Gasteiger partial charge is 0.307 e. The summed E-state index contributed by atoms with van der Waals surface area (Å²) in [6, 6.07) is 14.2. The number of rotatable bonds is 8. The fourth-order valence-electron chi connectivity index (χ4n) is 5.39. The molecule has 8 heteroatoms. The van der Waals surface area contributed by atoms with Gasteiger partial charge in [-0.05, 0) is 80.5 Å². The van der Waals surface area contributed by atoms with Crippen LogP contribution in [0.5, 0.6) is 5.75 Å². The van der Waals surface area contributed by atoms with Crippen molar-refractivity contribution in [3.05, 3.63) is 59.2 Å². The van der Waals surface area contributed by atoms with Gasteiger partial charge in [-0.2, -0.15) is 0 Å². The number of ether oxygens (including phenoxy) is 1. The highest BCUT2D eigenvalue weighted by Gasteiger charge is 2.30. The molecule has 2 fully saturated rings. The standard InChI is InChI=1S/C29H39N3O4.ClH/c1-20-15-25(10-7-24(20)19-32-14-13-30-21(2)18-32)31(3)29(35)23-8-11-26(12-9-23)36-27-6-4-5-22(16-27)17-28(33)34;/h4-7,10,15-16,21,23,26,30H,8-9,11-14,17-19H2,1-3H3,(H,33,34);1H/t21-,23?,26?;/m0./s1. The van der Waals surface area contributed by atoms with E-state index in [2.05, 4.69) is 42.3 Å². The average molecular weight is 530 g/mol. The van der Waals surface area contributed by atoms with Crippen LogP contribution in [0.25, 0.3) is 0 Å². The fraction of sp³-hybridized carbons (Fsp3) is 0.517. The van der Waals surface area contributed by atoms with Crippen LogP contribution in [0.3, 0.4) is 0 Å². The number of nitrogens with one attached hydrogen (secondary N) is 1. The van der Waals surface area contributed by atoms with E-state index in [1.807, 2.05) is 24.1 Å². The Labute approximate surface area is 226 Å². The number of amides is 1. The molecule has 4 rings (SSSR count). The number of hydrogen-bond acceptors (Lipinski definition) is 5. The largest absolute Gasteiger partial charge is 0.490 e. The predicted molar refractivity (Wildman–Crippen MR) is 149 cm³/mol. The first-order valence-electron chi connectivity index (χ1n) is 13.1. The minimum Gasteiger partial charge on any atom is -0.490 e. The van der Waals surface area contributed by atoms with Gasteiger partial charge in [-0.3, -0.25) is 14.5 Å². The summed E-state index contributed by atoms with van der Waals surface area (Å²) in [6.45, 7) is 8.45. The number of halogens is 1. The molecular formula is C29H40ClN3O4. The van der Waals surface area contributed by atoms with E-state index >= 15 is 0 Å². The van der Waals surface area contributed by atoms with Crippen molar-refractivity contribution in [2.75, 3.05) is 31.6 Å². The van der Waals surface area contributed by atoms with Gasteiger partial charge in [-0.15, -0.1) is 12.4 Å². The van der Waals surface area contributed by atoms with Crippen LogP contribution in [0.1, 0.15) is 49.3 Å². The van der Waals surface area contributed by atoms with Crippen molar-refractivity contribution in [2.45, 2.75) is 64.6 Å². The van der Waals surface area contributed by atoms with Crippen molar-refractivity contribution in [1.29, 1.82) is 0 Å². The molecule has 1 heterocycles. The van der Waals surface area contributed by atoms with Gasteiger partial charge in [0.1, 0.15) is 5.75 Å². The number of carboxylic acid groups (broad SMARTS) is 1. The molecule has 1 atom stereocenters. The van der Waals surface area contributed by atoms with Gasteiger partial charge in [0.2, 0.25) is 5.91 Å². The van der Waals surface area contributed by atoms with Crippen LogP contribution < -0.4 is 15.0 Å². The zero-order valence-electron chi connectivity index (χ0n) is 22.1. The molecule has 1 aliphatic heterocycles. The number of carboxylic acids is 1. The fourth-order valence-corrected chi connectivity index (χ4v) is 5.39. The maximum Gasteiger partial charge on any atom is 0.307 e. The number of aryl methyl sites for hydroxylation is 1. The summed E-state index contributed by atoms with van der Waals surface area (Å²) in [5, 5.41) is 12.5. The summed E-state index contributed by atoms with van der Waals surface area (Å²) < 4.78 is 6.12. The number of hydrogen-bond donors (Lipinski definition) is 2. The van der Waals surface area contributed by atoms with Gasteiger partial charge in [0, 0.05) is 50.9 Å². The molecule has 2 aliphatic rings. The molecule has 0 spiro atoms. The average Bonchev–Trinajstić information content (AvgIpc) is 2.85. The van der Waals surface area contributed by atoms with Gasteiger partial charge in [-0.1, -0.05) is 18.2 Å². The SMILES string of the molecule is Cc1cc(N(C)C(=O)C2CCC(Oc3cccc(CC(=O)O)c3)CC2)ccc1CN1CCN[C@@H](C)C1.Cl. The van der Waals surface area contributed by atoms with Gasteiger partial charge in [0.05, 0.1) is 12.5 Å². The Morgan fingerprint density at radius 3 is 2.57 bits per heavy atom. The van der Waals surface area contributed by atoms with Crippen LogP contribution in [0.2, 0.25) is 0 Å². The zero-order chi connectivity index (χ0) is 25.7. The minimum atomic E-state index is -0.852. The number of piperazine rings is 1. The highest BCUT2D eigenvalue weighted by Crippen LogP contribution is 2.31. The van der Waals surface area contributed by atoms with Crippen molar-refractivity contribution >= 4 is 30.0 Å². The van der Waals surface area contributed by atoms with Gasteiger partial charge >= 0.3 is 5.97 Å². The van der Waals surface area contributed by atoms with Gasteiger partial charge in [0.25, 0.3) is 0 Å². The monoisotopic (exact) mass is 529 g/mol. The molecule has 0 aromatic heterocycles. The van der Waals surface area contributed by atoms with E-state index in [0.29, 0.717) is 11.8 Å². The number of benzene rings is 2. The van der Waals surface area contributed by atoms with E-state index in [1.54, 1.807) is 12.1 Å². The first kappa shape index (κ1) is 29.0. The zero-order valence-corrected chi connectivity index (χ0v) is 22.9. The Morgan fingerprint density at radius 2 is 1.89 bits per heavy atom. The van der Waals surface area contributed by atoms with Crippen LogP contribution >= 0.6 is 12.4 Å². The Balaban J connectivity index is 0.00000380. The highest BCUT2D eigenvalue weighted by atomic mass is 35.5. The van der Waals surface area contributed by atoms with Gasteiger partial charge < -0.3 is 20.1 Å². The lowest BCUT2D eigenvalue weighted by atomic mass is 9.86. The van der Waals surface area contributed by atoms with Crippen LogP contribution in [0.15, 0.2) is 42.5 Å². The van der Waals surface area contributed by atoms with Crippen molar-refractivity contribution in [3.63, 3.8) is 0 Å². The molecule has 2 aromatic carbocycles. The van der Waals surface area contributed by atoms with E-state index in [-0.39, 0.29) is 36.8 Å². The number of nitrogens with zero attached hydrogens (tertiary/aromatic N) is 2. The minimum absolute atomic E-state index is 0. The molecule has 1 amide bonds. The van der Waals surface area contributed by atoms with Crippen molar-refractivity contribution in [2.24, 2.45) is 5.92 Å². The van der Waals surface area contributed by atoms with E-state index < -0.39 is 5.97 Å². The molecule has 37 heavy (non-hydrogen) atoms. The molecule has 2 aromatic rings. The van der Waals surface area contributed by atoms with Crippen molar-refractivity contribution in [1.82, 2.24) is 10.2 Å². The second-order valence-corrected chi connectivity index (χ2v) is 10.4. The van der Waals surface area contributed by atoms with Gasteiger partial charge in [-0.25, -0.2) is 0 Å². The Bertz CT molecular complexity index is 1070. The number of anilines is 1. The van der Waals surface area contributed by atoms with E-state index in [0.717, 1.165) is 63.1 Å². The van der Waals surface area contributed by atoms with Crippen molar-refractivity contribution < 1.29 is 19.4 Å². The summed E-state index contributed by atoms with van der Waals surface area (Å²) in [5.41, 5.74) is 4.22. The molecular weight excluding hydrogens is 490 g/mol. The number of aliphatic carboxylic acids is 1. The lowest BCUT2D eigenvalue weighted by molar-refractivity contribution is -0.136. The van der Waals surface area contributed by atoms with E-state index in [1.165, 1.54) is 11.1 Å². The van der Waals surface area contributed by atoms with E-state index in [9.17, 15) is 9.59 Å². The number of carbonyl (C=O) groups excluding carboxylic acids is 1. The number of carbonyl (C=O) groups is 2. The summed E-state index contributed by atoms with van der Waals surface area (Å²) in [5.74, 6) is 0.0105. The molecule has 0 bridgehead atoms. The normalized spacial score (nSPS) is 22.1. The molecule has 0 radical (unpaired) electrons.